The Hall–Kier alpha value is -2.41. The van der Waals surface area contributed by atoms with Gasteiger partial charge in [-0.1, -0.05) is 11.2 Å². The lowest BCUT2D eigenvalue weighted by atomic mass is 10.2. The number of rotatable bonds is 3. The Labute approximate surface area is 126 Å². The number of ether oxygens (including phenoxy) is 1. The van der Waals surface area contributed by atoms with Crippen molar-refractivity contribution in [1.82, 2.24) is 10.1 Å². The van der Waals surface area contributed by atoms with Gasteiger partial charge in [-0.15, -0.1) is 0 Å². The number of aliphatic hydroxyl groups is 1. The van der Waals surface area contributed by atoms with Gasteiger partial charge in [0.15, 0.2) is 5.69 Å². The first-order valence-electron chi connectivity index (χ1n) is 6.86. The highest BCUT2D eigenvalue weighted by Gasteiger charge is 2.36. The molecule has 1 fully saturated rings. The van der Waals surface area contributed by atoms with Gasteiger partial charge in [-0.2, -0.15) is 0 Å². The molecular formula is C15H15FN2O4. The molecule has 1 aromatic carbocycles. The van der Waals surface area contributed by atoms with Crippen LogP contribution in [-0.2, 0) is 0 Å². The number of aliphatic hydroxyl groups excluding tert-OH is 1. The van der Waals surface area contributed by atoms with E-state index in [9.17, 15) is 14.3 Å². The molecule has 6 nitrogen and oxygen atoms in total. The summed E-state index contributed by atoms with van der Waals surface area (Å²) in [5.74, 6) is 0.100. The molecule has 116 valence electrons. The topological polar surface area (TPSA) is 75.8 Å². The van der Waals surface area contributed by atoms with Crippen molar-refractivity contribution in [2.45, 2.75) is 19.1 Å². The zero-order chi connectivity index (χ0) is 15.7. The number of carbonyl (C=O) groups is 1. The standard InChI is InChI=1S/C15H15FN2O4/c1-9-5-12(17-22-9)15(20)18-7-13(19)14(8-18)21-11-4-2-3-10(16)6-11/h2-6,13-14,19H,7-8H2,1H3/t13-,14-/m1/s1. The second kappa shape index (κ2) is 5.76. The van der Waals surface area contributed by atoms with Gasteiger partial charge in [0.05, 0.1) is 13.1 Å². The molecule has 3 rings (SSSR count). The maximum atomic E-state index is 13.1. The zero-order valence-electron chi connectivity index (χ0n) is 11.9. The summed E-state index contributed by atoms with van der Waals surface area (Å²) in [6.45, 7) is 2.02. The van der Waals surface area contributed by atoms with Gasteiger partial charge in [-0.05, 0) is 19.1 Å². The van der Waals surface area contributed by atoms with E-state index in [-0.39, 0.29) is 24.7 Å². The lowest BCUT2D eigenvalue weighted by Crippen LogP contribution is -2.31. The van der Waals surface area contributed by atoms with Crippen LogP contribution in [0.3, 0.4) is 0 Å². The fourth-order valence-electron chi connectivity index (χ4n) is 2.38. The Bertz CT molecular complexity index is 688. The summed E-state index contributed by atoms with van der Waals surface area (Å²) in [4.78, 5) is 13.7. The van der Waals surface area contributed by atoms with Gasteiger partial charge in [0.1, 0.15) is 29.5 Å². The smallest absolute Gasteiger partial charge is 0.276 e. The van der Waals surface area contributed by atoms with Crippen LogP contribution in [0, 0.1) is 12.7 Å². The number of carbonyl (C=O) groups excluding carboxylic acids is 1. The molecule has 0 saturated carbocycles. The summed E-state index contributed by atoms with van der Waals surface area (Å²) in [7, 11) is 0. The van der Waals surface area contributed by atoms with Crippen molar-refractivity contribution in [1.29, 1.82) is 0 Å². The molecule has 2 heterocycles. The van der Waals surface area contributed by atoms with Crippen molar-refractivity contribution in [2.75, 3.05) is 13.1 Å². The van der Waals surface area contributed by atoms with Crippen molar-refractivity contribution < 1.29 is 23.6 Å². The van der Waals surface area contributed by atoms with Crippen LogP contribution in [0.4, 0.5) is 4.39 Å². The predicted molar refractivity (Wildman–Crippen MR) is 74.0 cm³/mol. The molecular weight excluding hydrogens is 291 g/mol. The Morgan fingerprint density at radius 3 is 2.95 bits per heavy atom. The third kappa shape index (κ3) is 2.94. The first-order valence-corrected chi connectivity index (χ1v) is 6.86. The molecule has 2 aromatic rings. The van der Waals surface area contributed by atoms with Crippen LogP contribution in [-0.4, -0.2) is 46.4 Å². The van der Waals surface area contributed by atoms with E-state index in [1.54, 1.807) is 13.0 Å². The van der Waals surface area contributed by atoms with Crippen LogP contribution in [0.2, 0.25) is 0 Å². The molecule has 0 unspecified atom stereocenters. The van der Waals surface area contributed by atoms with Gasteiger partial charge >= 0.3 is 0 Å². The summed E-state index contributed by atoms with van der Waals surface area (Å²) in [5, 5.41) is 13.7. The van der Waals surface area contributed by atoms with Crippen LogP contribution in [0.25, 0.3) is 0 Å². The van der Waals surface area contributed by atoms with E-state index in [0.717, 1.165) is 0 Å². The molecule has 1 amide bonds. The van der Waals surface area contributed by atoms with Gasteiger partial charge in [-0.25, -0.2) is 4.39 Å². The van der Waals surface area contributed by atoms with Crippen molar-refractivity contribution in [2.24, 2.45) is 0 Å². The van der Waals surface area contributed by atoms with Gasteiger partial charge in [0.2, 0.25) is 0 Å². The fraction of sp³-hybridized carbons (Fsp3) is 0.333. The number of aromatic nitrogens is 1. The Balaban J connectivity index is 1.68. The second-order valence-corrected chi connectivity index (χ2v) is 5.21. The molecule has 0 spiro atoms. The SMILES string of the molecule is Cc1cc(C(=O)N2C[C@@H](O)[C@H](Oc3cccc(F)c3)C2)no1. The van der Waals surface area contributed by atoms with Crippen molar-refractivity contribution in [3.8, 4) is 5.75 Å². The monoisotopic (exact) mass is 306 g/mol. The van der Waals surface area contributed by atoms with Crippen LogP contribution in [0.1, 0.15) is 16.2 Å². The minimum atomic E-state index is -0.847. The van der Waals surface area contributed by atoms with Crippen molar-refractivity contribution >= 4 is 5.91 Å². The number of aryl methyl sites for hydroxylation is 1. The third-order valence-electron chi connectivity index (χ3n) is 3.45. The van der Waals surface area contributed by atoms with Crippen LogP contribution >= 0.6 is 0 Å². The van der Waals surface area contributed by atoms with E-state index in [1.807, 2.05) is 0 Å². The Morgan fingerprint density at radius 1 is 1.45 bits per heavy atom. The summed E-state index contributed by atoms with van der Waals surface area (Å²) in [5.41, 5.74) is 0.191. The van der Waals surface area contributed by atoms with Gasteiger partial charge < -0.3 is 19.3 Å². The van der Waals surface area contributed by atoms with Crippen LogP contribution in [0.15, 0.2) is 34.9 Å². The van der Waals surface area contributed by atoms with E-state index >= 15 is 0 Å². The van der Waals surface area contributed by atoms with Gasteiger partial charge in [-0.3, -0.25) is 4.79 Å². The van der Waals surface area contributed by atoms with E-state index in [4.69, 9.17) is 9.26 Å². The molecule has 22 heavy (non-hydrogen) atoms. The number of halogens is 1. The first kappa shape index (κ1) is 14.5. The van der Waals surface area contributed by atoms with Crippen molar-refractivity contribution in [3.05, 3.63) is 47.6 Å². The minimum Gasteiger partial charge on any atom is -0.486 e. The molecule has 1 N–H and O–H groups in total. The van der Waals surface area contributed by atoms with E-state index < -0.39 is 18.0 Å². The van der Waals surface area contributed by atoms with Crippen LogP contribution < -0.4 is 4.74 Å². The number of hydrogen-bond donors (Lipinski definition) is 1. The number of β-amino-alcohol motifs (C(OH)–C–C–N with tert-alkyl or cyclic N) is 1. The first-order chi connectivity index (χ1) is 10.5. The third-order valence-corrected chi connectivity index (χ3v) is 3.45. The molecule has 0 bridgehead atoms. The molecule has 1 aromatic heterocycles. The molecule has 2 atom stereocenters. The summed E-state index contributed by atoms with van der Waals surface area (Å²) >= 11 is 0. The summed E-state index contributed by atoms with van der Waals surface area (Å²) in [6.07, 6.45) is -1.46. The lowest BCUT2D eigenvalue weighted by Gasteiger charge is -2.16. The normalized spacial score (nSPS) is 21.1. The average Bonchev–Trinajstić information content (AvgIpc) is 3.05. The molecule has 1 aliphatic rings. The lowest BCUT2D eigenvalue weighted by molar-refractivity contribution is 0.0726. The second-order valence-electron chi connectivity index (χ2n) is 5.21. The summed E-state index contributed by atoms with van der Waals surface area (Å²) in [6, 6.07) is 7.20. The highest BCUT2D eigenvalue weighted by atomic mass is 19.1. The van der Waals surface area contributed by atoms with E-state index in [2.05, 4.69) is 5.16 Å². The molecule has 1 saturated heterocycles. The number of hydrogen-bond acceptors (Lipinski definition) is 5. The average molecular weight is 306 g/mol. The minimum absolute atomic E-state index is 0.130. The molecule has 0 radical (unpaired) electrons. The summed E-state index contributed by atoms with van der Waals surface area (Å²) < 4.78 is 23.6. The van der Waals surface area contributed by atoms with E-state index in [0.29, 0.717) is 11.5 Å². The molecule has 0 aliphatic carbocycles. The number of amides is 1. The van der Waals surface area contributed by atoms with Gasteiger partial charge in [0.25, 0.3) is 5.91 Å². The quantitative estimate of drug-likeness (QED) is 0.927. The largest absolute Gasteiger partial charge is 0.486 e. The predicted octanol–water partition coefficient (Wildman–Crippen LogP) is 1.39. The number of benzene rings is 1. The molecule has 1 aliphatic heterocycles. The Morgan fingerprint density at radius 2 is 2.27 bits per heavy atom. The Kier molecular flexibility index (Phi) is 3.81. The maximum absolute atomic E-state index is 13.1. The van der Waals surface area contributed by atoms with Crippen molar-refractivity contribution in [3.63, 3.8) is 0 Å². The zero-order valence-corrected chi connectivity index (χ0v) is 11.9. The van der Waals surface area contributed by atoms with Gasteiger partial charge in [0, 0.05) is 12.1 Å². The van der Waals surface area contributed by atoms with E-state index in [1.165, 1.54) is 29.2 Å². The fourth-order valence-corrected chi connectivity index (χ4v) is 2.38. The molecule has 7 heteroatoms. The number of likely N-dealkylation sites (tertiary alicyclic amines) is 1. The number of nitrogens with zero attached hydrogens (tertiary/aromatic N) is 2. The highest BCUT2D eigenvalue weighted by molar-refractivity contribution is 5.92. The van der Waals surface area contributed by atoms with Crippen LogP contribution in [0.5, 0.6) is 5.75 Å². The maximum Gasteiger partial charge on any atom is 0.276 e. The highest BCUT2D eigenvalue weighted by Crippen LogP contribution is 2.21.